The Morgan fingerprint density at radius 1 is 1.14 bits per heavy atom. The summed E-state index contributed by atoms with van der Waals surface area (Å²) in [5.74, 6) is 0. The number of likely N-dealkylation sites (N-methyl/N-ethyl adjacent to an activating group) is 1. The van der Waals surface area contributed by atoms with E-state index in [0.29, 0.717) is 19.5 Å². The fraction of sp³-hybridized carbons (Fsp3) is 0.938. The topological polar surface area (TPSA) is 62.2 Å². The number of hydrogen-bond donors (Lipinski definition) is 1. The molecular formula is C16H30N2O4. The van der Waals surface area contributed by atoms with Gasteiger partial charge in [0.15, 0.2) is 0 Å². The van der Waals surface area contributed by atoms with Gasteiger partial charge in [-0.05, 0) is 40.7 Å². The highest BCUT2D eigenvalue weighted by atomic mass is 16.6. The molecule has 0 aromatic rings. The average Bonchev–Trinajstić information content (AvgIpc) is 2.36. The van der Waals surface area contributed by atoms with Gasteiger partial charge >= 0.3 is 6.09 Å². The first-order valence-electron chi connectivity index (χ1n) is 8.23. The standard InChI is InChI=1S/C16H30N2O4/c1-16(2,3)22-15(20)18-7-5-13(6-8-18)21-14-9-12(19)10-17(4)11-14/h12-14,19H,5-11H2,1-4H3. The molecule has 2 unspecified atom stereocenters. The molecule has 2 aliphatic rings. The van der Waals surface area contributed by atoms with Gasteiger partial charge in [0.25, 0.3) is 0 Å². The minimum Gasteiger partial charge on any atom is -0.444 e. The first-order chi connectivity index (χ1) is 10.2. The number of nitrogens with zero attached hydrogens (tertiary/aromatic N) is 2. The lowest BCUT2D eigenvalue weighted by molar-refractivity contribution is -0.0901. The van der Waals surface area contributed by atoms with Gasteiger partial charge in [-0.3, -0.25) is 0 Å². The highest BCUT2D eigenvalue weighted by Gasteiger charge is 2.31. The third-order valence-corrected chi connectivity index (χ3v) is 4.05. The van der Waals surface area contributed by atoms with Gasteiger partial charge in [-0.2, -0.15) is 0 Å². The molecule has 0 aromatic carbocycles. The highest BCUT2D eigenvalue weighted by molar-refractivity contribution is 5.68. The molecule has 128 valence electrons. The average molecular weight is 314 g/mol. The monoisotopic (exact) mass is 314 g/mol. The zero-order valence-corrected chi connectivity index (χ0v) is 14.2. The van der Waals surface area contributed by atoms with Gasteiger partial charge in [-0.15, -0.1) is 0 Å². The van der Waals surface area contributed by atoms with Crippen molar-refractivity contribution in [3.05, 3.63) is 0 Å². The number of aliphatic hydroxyl groups is 1. The predicted molar refractivity (Wildman–Crippen MR) is 83.8 cm³/mol. The summed E-state index contributed by atoms with van der Waals surface area (Å²) in [4.78, 5) is 15.9. The van der Waals surface area contributed by atoms with E-state index in [0.717, 1.165) is 25.9 Å². The first-order valence-corrected chi connectivity index (χ1v) is 8.23. The summed E-state index contributed by atoms with van der Waals surface area (Å²) in [6, 6.07) is 0. The lowest BCUT2D eigenvalue weighted by atomic mass is 10.0. The van der Waals surface area contributed by atoms with Crippen molar-refractivity contribution in [3.63, 3.8) is 0 Å². The van der Waals surface area contributed by atoms with E-state index in [-0.39, 0.29) is 24.4 Å². The number of rotatable bonds is 2. The van der Waals surface area contributed by atoms with Gasteiger partial charge in [0, 0.05) is 32.6 Å². The molecule has 2 saturated heterocycles. The minimum atomic E-state index is -0.451. The Morgan fingerprint density at radius 3 is 2.32 bits per heavy atom. The van der Waals surface area contributed by atoms with Crippen molar-refractivity contribution in [2.24, 2.45) is 0 Å². The lowest BCUT2D eigenvalue weighted by Crippen LogP contribution is -2.48. The maximum atomic E-state index is 12.0. The molecule has 2 fully saturated rings. The highest BCUT2D eigenvalue weighted by Crippen LogP contribution is 2.21. The fourth-order valence-electron chi connectivity index (χ4n) is 3.11. The van der Waals surface area contributed by atoms with E-state index >= 15 is 0 Å². The van der Waals surface area contributed by atoms with Crippen LogP contribution in [0.25, 0.3) is 0 Å². The molecule has 0 saturated carbocycles. The van der Waals surface area contributed by atoms with Crippen LogP contribution in [0.3, 0.4) is 0 Å². The van der Waals surface area contributed by atoms with Gasteiger partial charge < -0.3 is 24.4 Å². The van der Waals surface area contributed by atoms with E-state index < -0.39 is 5.60 Å². The van der Waals surface area contributed by atoms with Crippen LogP contribution in [0.15, 0.2) is 0 Å². The van der Waals surface area contributed by atoms with Crippen molar-refractivity contribution < 1.29 is 19.4 Å². The normalized spacial score (nSPS) is 28.7. The van der Waals surface area contributed by atoms with Crippen LogP contribution in [0.4, 0.5) is 4.79 Å². The second-order valence-electron chi connectivity index (χ2n) is 7.54. The number of amides is 1. The van der Waals surface area contributed by atoms with Crippen LogP contribution in [0, 0.1) is 0 Å². The van der Waals surface area contributed by atoms with E-state index in [1.807, 2.05) is 27.8 Å². The predicted octanol–water partition coefficient (Wildman–Crippen LogP) is 1.47. The summed E-state index contributed by atoms with van der Waals surface area (Å²) < 4.78 is 11.5. The number of hydrogen-bond acceptors (Lipinski definition) is 5. The maximum absolute atomic E-state index is 12.0. The van der Waals surface area contributed by atoms with Crippen molar-refractivity contribution >= 4 is 6.09 Å². The van der Waals surface area contributed by atoms with Crippen LogP contribution in [0.2, 0.25) is 0 Å². The van der Waals surface area contributed by atoms with E-state index in [1.165, 1.54) is 0 Å². The molecule has 0 bridgehead atoms. The van der Waals surface area contributed by atoms with Crippen molar-refractivity contribution in [2.45, 2.75) is 63.9 Å². The second-order valence-corrected chi connectivity index (χ2v) is 7.54. The number of ether oxygens (including phenoxy) is 2. The maximum Gasteiger partial charge on any atom is 0.410 e. The summed E-state index contributed by atoms with van der Waals surface area (Å²) in [5.41, 5.74) is -0.451. The largest absolute Gasteiger partial charge is 0.444 e. The Bertz CT molecular complexity index is 365. The summed E-state index contributed by atoms with van der Waals surface area (Å²) >= 11 is 0. The third kappa shape index (κ3) is 5.41. The van der Waals surface area contributed by atoms with Crippen LogP contribution in [0.1, 0.15) is 40.0 Å². The van der Waals surface area contributed by atoms with Crippen LogP contribution in [-0.2, 0) is 9.47 Å². The van der Waals surface area contributed by atoms with E-state index in [4.69, 9.17) is 9.47 Å². The molecule has 2 atom stereocenters. The molecule has 0 spiro atoms. The SMILES string of the molecule is CN1CC(O)CC(OC2CCN(C(=O)OC(C)(C)C)CC2)C1. The van der Waals surface area contributed by atoms with Gasteiger partial charge in [0.05, 0.1) is 18.3 Å². The number of piperidine rings is 2. The van der Waals surface area contributed by atoms with Crippen molar-refractivity contribution in [2.75, 3.05) is 33.2 Å². The lowest BCUT2D eigenvalue weighted by Gasteiger charge is -2.38. The summed E-state index contributed by atoms with van der Waals surface area (Å²) in [6.45, 7) is 8.57. The molecule has 2 aliphatic heterocycles. The quantitative estimate of drug-likeness (QED) is 0.836. The van der Waals surface area contributed by atoms with Crippen molar-refractivity contribution in [3.8, 4) is 0 Å². The zero-order valence-electron chi connectivity index (χ0n) is 14.2. The molecule has 2 rings (SSSR count). The fourth-order valence-corrected chi connectivity index (χ4v) is 3.11. The number of aliphatic hydroxyl groups excluding tert-OH is 1. The second kappa shape index (κ2) is 7.15. The Morgan fingerprint density at radius 2 is 1.77 bits per heavy atom. The van der Waals surface area contributed by atoms with Crippen LogP contribution < -0.4 is 0 Å². The van der Waals surface area contributed by atoms with Crippen molar-refractivity contribution in [1.29, 1.82) is 0 Å². The summed E-state index contributed by atoms with van der Waals surface area (Å²) in [7, 11) is 2.00. The van der Waals surface area contributed by atoms with Crippen LogP contribution in [0.5, 0.6) is 0 Å². The number of likely N-dealkylation sites (tertiary alicyclic amines) is 2. The third-order valence-electron chi connectivity index (χ3n) is 4.05. The minimum absolute atomic E-state index is 0.0897. The van der Waals surface area contributed by atoms with Gasteiger partial charge in [-0.25, -0.2) is 4.79 Å². The molecule has 1 N–H and O–H groups in total. The molecule has 1 amide bonds. The zero-order chi connectivity index (χ0) is 16.3. The van der Waals surface area contributed by atoms with Gasteiger partial charge in [0.2, 0.25) is 0 Å². The molecule has 0 aromatic heterocycles. The van der Waals surface area contributed by atoms with Crippen molar-refractivity contribution in [1.82, 2.24) is 9.80 Å². The summed E-state index contributed by atoms with van der Waals surface area (Å²) in [6.07, 6.45) is 2.08. The van der Waals surface area contributed by atoms with E-state index in [1.54, 1.807) is 4.90 Å². The number of β-amino-alcohol motifs (C(OH)–C–C–N with tert-alkyl or cyclic N) is 1. The Kier molecular flexibility index (Phi) is 5.69. The molecule has 6 heteroatoms. The van der Waals surface area contributed by atoms with E-state index in [9.17, 15) is 9.90 Å². The smallest absolute Gasteiger partial charge is 0.410 e. The molecular weight excluding hydrogens is 284 g/mol. The van der Waals surface area contributed by atoms with Crippen LogP contribution >= 0.6 is 0 Å². The first kappa shape index (κ1) is 17.5. The molecule has 22 heavy (non-hydrogen) atoms. The molecule has 0 radical (unpaired) electrons. The number of carbonyl (C=O) groups excluding carboxylic acids is 1. The Hall–Kier alpha value is -0.850. The van der Waals surface area contributed by atoms with Crippen LogP contribution in [-0.4, -0.2) is 78.1 Å². The van der Waals surface area contributed by atoms with Gasteiger partial charge in [0.1, 0.15) is 5.60 Å². The van der Waals surface area contributed by atoms with Gasteiger partial charge in [-0.1, -0.05) is 0 Å². The Labute approximate surface area is 133 Å². The number of carbonyl (C=O) groups is 1. The Balaban J connectivity index is 1.74. The van der Waals surface area contributed by atoms with E-state index in [2.05, 4.69) is 4.90 Å². The molecule has 6 nitrogen and oxygen atoms in total. The molecule has 0 aliphatic carbocycles. The molecule has 2 heterocycles. The summed E-state index contributed by atoms with van der Waals surface area (Å²) in [5, 5.41) is 9.81.